The van der Waals surface area contributed by atoms with Crippen molar-refractivity contribution in [1.82, 2.24) is 15.3 Å². The zero-order valence-electron chi connectivity index (χ0n) is 13.8. The molecule has 0 saturated carbocycles. The normalized spacial score (nSPS) is 12.8. The molecule has 2 heterocycles. The van der Waals surface area contributed by atoms with Crippen molar-refractivity contribution in [2.24, 2.45) is 0 Å². The van der Waals surface area contributed by atoms with Crippen LogP contribution in [-0.2, 0) is 0 Å². The molecule has 3 aromatic rings. The number of thiazole rings is 1. The van der Waals surface area contributed by atoms with Crippen LogP contribution in [0.25, 0.3) is 16.3 Å². The predicted molar refractivity (Wildman–Crippen MR) is 97.9 cm³/mol. The van der Waals surface area contributed by atoms with Gasteiger partial charge in [-0.15, -0.1) is 11.3 Å². The average molecular weight is 341 g/mol. The molecule has 0 aliphatic rings. The van der Waals surface area contributed by atoms with Gasteiger partial charge in [0.05, 0.1) is 15.2 Å². The first-order valence-corrected chi connectivity index (χ1v) is 8.46. The van der Waals surface area contributed by atoms with E-state index in [1.54, 1.807) is 35.7 Å². The van der Waals surface area contributed by atoms with Gasteiger partial charge in [-0.3, -0.25) is 0 Å². The first kappa shape index (κ1) is 16.4. The lowest BCUT2D eigenvalue weighted by Crippen LogP contribution is -2.17. The summed E-state index contributed by atoms with van der Waals surface area (Å²) in [6, 6.07) is 7.41. The van der Waals surface area contributed by atoms with Crippen LogP contribution in [0.1, 0.15) is 17.5 Å². The number of aryl methyl sites for hydroxylation is 1. The summed E-state index contributed by atoms with van der Waals surface area (Å²) >= 11 is 1.56. The van der Waals surface area contributed by atoms with E-state index in [2.05, 4.69) is 28.3 Å². The van der Waals surface area contributed by atoms with Gasteiger partial charge in [-0.25, -0.2) is 9.97 Å². The van der Waals surface area contributed by atoms with Crippen molar-refractivity contribution in [3.63, 3.8) is 0 Å². The summed E-state index contributed by atoms with van der Waals surface area (Å²) in [5.41, 5.74) is 1.76. The van der Waals surface area contributed by atoms with Gasteiger partial charge >= 0.3 is 0 Å². The number of benzene rings is 1. The molecule has 2 N–H and O–H groups in total. The molecular formula is C18H19N3O2S. The first-order chi connectivity index (χ1) is 11.5. The quantitative estimate of drug-likeness (QED) is 0.731. The number of aromatic hydroxyl groups is 1. The smallest absolute Gasteiger partial charge is 0.219 e. The lowest BCUT2D eigenvalue weighted by Gasteiger charge is -2.07. The van der Waals surface area contributed by atoms with E-state index in [0.717, 1.165) is 20.8 Å². The topological polar surface area (TPSA) is 67.3 Å². The molecule has 6 heteroatoms. The fourth-order valence-corrected chi connectivity index (χ4v) is 2.99. The highest BCUT2D eigenvalue weighted by molar-refractivity contribution is 7.18. The Morgan fingerprint density at radius 3 is 2.88 bits per heavy atom. The molecule has 1 aromatic carbocycles. The van der Waals surface area contributed by atoms with Crippen molar-refractivity contribution in [3.8, 4) is 17.4 Å². The van der Waals surface area contributed by atoms with Gasteiger partial charge in [-0.05, 0) is 32.5 Å². The van der Waals surface area contributed by atoms with E-state index in [4.69, 9.17) is 4.74 Å². The van der Waals surface area contributed by atoms with Crippen LogP contribution in [0.5, 0.6) is 17.4 Å². The molecule has 0 fully saturated rings. The Bertz CT molecular complexity index is 872. The Kier molecular flexibility index (Phi) is 4.78. The van der Waals surface area contributed by atoms with Crippen molar-refractivity contribution < 1.29 is 9.84 Å². The minimum atomic E-state index is 0.0569. The highest BCUT2D eigenvalue weighted by atomic mass is 32.1. The summed E-state index contributed by atoms with van der Waals surface area (Å²) in [5.74, 6) is 0.872. The Labute approximate surface area is 144 Å². The number of phenols is 1. The van der Waals surface area contributed by atoms with Crippen molar-refractivity contribution in [1.29, 1.82) is 0 Å². The molecular weight excluding hydrogens is 322 g/mol. The highest BCUT2D eigenvalue weighted by Crippen LogP contribution is 2.36. The molecule has 1 unspecified atom stereocenters. The third-order valence-corrected chi connectivity index (χ3v) is 4.52. The van der Waals surface area contributed by atoms with Crippen LogP contribution in [0, 0.1) is 6.92 Å². The lowest BCUT2D eigenvalue weighted by atomic mass is 10.2. The van der Waals surface area contributed by atoms with Gasteiger partial charge in [0.25, 0.3) is 0 Å². The first-order valence-electron chi connectivity index (χ1n) is 7.64. The maximum Gasteiger partial charge on any atom is 0.219 e. The number of rotatable bonds is 5. The Morgan fingerprint density at radius 1 is 1.33 bits per heavy atom. The number of likely N-dealkylation sites (N-methyl/N-ethyl adjacent to an activating group) is 1. The van der Waals surface area contributed by atoms with E-state index in [9.17, 15) is 5.11 Å². The molecule has 5 nitrogen and oxygen atoms in total. The Hall–Kier alpha value is -2.44. The minimum Gasteiger partial charge on any atom is -0.504 e. The van der Waals surface area contributed by atoms with Gasteiger partial charge in [0.2, 0.25) is 5.88 Å². The summed E-state index contributed by atoms with van der Waals surface area (Å²) in [5, 5.41) is 14.2. The second-order valence-corrected chi connectivity index (χ2v) is 6.72. The third kappa shape index (κ3) is 3.72. The SMILES string of the molecule is CNC(C)/C=C/c1ccc(Oc2cc3sc(C)nc3cc2O)nc1. The van der Waals surface area contributed by atoms with Crippen molar-refractivity contribution in [2.45, 2.75) is 19.9 Å². The van der Waals surface area contributed by atoms with E-state index in [-0.39, 0.29) is 5.75 Å². The molecule has 0 aliphatic heterocycles. The number of pyridine rings is 1. The number of ether oxygens (including phenoxy) is 1. The van der Waals surface area contributed by atoms with Crippen LogP contribution < -0.4 is 10.1 Å². The number of fused-ring (bicyclic) bond motifs is 1. The lowest BCUT2D eigenvalue weighted by molar-refractivity contribution is 0.404. The summed E-state index contributed by atoms with van der Waals surface area (Å²) in [6.45, 7) is 4.01. The predicted octanol–water partition coefficient (Wildman–Crippen LogP) is 4.12. The van der Waals surface area contributed by atoms with E-state index in [1.807, 2.05) is 26.1 Å². The molecule has 0 saturated heterocycles. The molecule has 124 valence electrons. The zero-order chi connectivity index (χ0) is 17.1. The van der Waals surface area contributed by atoms with Crippen LogP contribution in [0.15, 0.2) is 36.5 Å². The number of phenolic OH excluding ortho intramolecular Hbond substituents is 1. The van der Waals surface area contributed by atoms with E-state index >= 15 is 0 Å². The monoisotopic (exact) mass is 341 g/mol. The fourth-order valence-electron chi connectivity index (χ4n) is 2.16. The van der Waals surface area contributed by atoms with Crippen molar-refractivity contribution in [3.05, 3.63) is 47.1 Å². The summed E-state index contributed by atoms with van der Waals surface area (Å²) in [7, 11) is 1.91. The molecule has 0 radical (unpaired) electrons. The Balaban J connectivity index is 1.78. The van der Waals surface area contributed by atoms with Crippen LogP contribution in [-0.4, -0.2) is 28.2 Å². The van der Waals surface area contributed by atoms with Crippen LogP contribution in [0.3, 0.4) is 0 Å². The van der Waals surface area contributed by atoms with E-state index in [1.165, 1.54) is 0 Å². The van der Waals surface area contributed by atoms with Gasteiger partial charge in [0.1, 0.15) is 0 Å². The Morgan fingerprint density at radius 2 is 2.17 bits per heavy atom. The molecule has 0 aliphatic carbocycles. The number of aromatic nitrogens is 2. The maximum absolute atomic E-state index is 10.1. The summed E-state index contributed by atoms with van der Waals surface area (Å²) in [4.78, 5) is 8.64. The second-order valence-electron chi connectivity index (χ2n) is 5.49. The maximum atomic E-state index is 10.1. The van der Waals surface area contributed by atoms with Crippen LogP contribution in [0.2, 0.25) is 0 Å². The molecule has 3 rings (SSSR count). The number of hydrogen-bond donors (Lipinski definition) is 2. The molecule has 2 aromatic heterocycles. The van der Waals surface area contributed by atoms with Gasteiger partial charge in [-0.2, -0.15) is 0 Å². The highest BCUT2D eigenvalue weighted by Gasteiger charge is 2.10. The largest absolute Gasteiger partial charge is 0.504 e. The van der Waals surface area contributed by atoms with E-state index in [0.29, 0.717) is 17.7 Å². The molecule has 0 bridgehead atoms. The standard InChI is InChI=1S/C18H19N3O2S/c1-11(19-3)4-5-13-6-7-18(20-10-13)23-16-9-17-14(8-15(16)22)21-12(2)24-17/h4-11,19,22H,1-3H3/b5-4+. The second kappa shape index (κ2) is 6.98. The van der Waals surface area contributed by atoms with Crippen LogP contribution in [0.4, 0.5) is 0 Å². The fraction of sp³-hybridized carbons (Fsp3) is 0.222. The number of nitrogens with zero attached hydrogens (tertiary/aromatic N) is 2. The molecule has 0 spiro atoms. The van der Waals surface area contributed by atoms with Gasteiger partial charge < -0.3 is 15.2 Å². The molecule has 1 atom stereocenters. The van der Waals surface area contributed by atoms with Crippen molar-refractivity contribution in [2.75, 3.05) is 7.05 Å². The molecule has 24 heavy (non-hydrogen) atoms. The zero-order valence-corrected chi connectivity index (χ0v) is 14.6. The van der Waals surface area contributed by atoms with Gasteiger partial charge in [0, 0.05) is 30.4 Å². The minimum absolute atomic E-state index is 0.0569. The van der Waals surface area contributed by atoms with Gasteiger partial charge in [0.15, 0.2) is 11.5 Å². The van der Waals surface area contributed by atoms with Gasteiger partial charge in [-0.1, -0.05) is 12.2 Å². The summed E-state index contributed by atoms with van der Waals surface area (Å²) in [6.07, 6.45) is 5.80. The number of hydrogen-bond acceptors (Lipinski definition) is 6. The summed E-state index contributed by atoms with van der Waals surface area (Å²) < 4.78 is 6.68. The number of nitrogens with one attached hydrogen (secondary N) is 1. The third-order valence-electron chi connectivity index (χ3n) is 3.58. The molecule has 0 amide bonds. The van der Waals surface area contributed by atoms with Crippen molar-refractivity contribution >= 4 is 27.6 Å². The average Bonchev–Trinajstić information content (AvgIpc) is 2.93. The van der Waals surface area contributed by atoms with E-state index < -0.39 is 0 Å². The van der Waals surface area contributed by atoms with Crippen LogP contribution >= 0.6 is 11.3 Å².